The Morgan fingerprint density at radius 3 is 3.06 bits per heavy atom. The number of benzene rings is 1. The normalized spacial score (nSPS) is 20.4. The largest absolute Gasteiger partial charge is 0.381 e. The first-order valence-electron chi connectivity index (χ1n) is 6.41. The van der Waals surface area contributed by atoms with Gasteiger partial charge in [0.25, 0.3) is 0 Å². The van der Waals surface area contributed by atoms with E-state index in [1.807, 2.05) is 6.07 Å². The fourth-order valence-electron chi connectivity index (χ4n) is 2.39. The van der Waals surface area contributed by atoms with Gasteiger partial charge in [0.2, 0.25) is 0 Å². The van der Waals surface area contributed by atoms with Gasteiger partial charge in [0.15, 0.2) is 0 Å². The Labute approximate surface area is 107 Å². The average molecular weight is 247 g/mol. The number of likely N-dealkylation sites (N-methyl/N-ethyl adjacent to an activating group) is 1. The summed E-state index contributed by atoms with van der Waals surface area (Å²) in [6.45, 7) is 5.36. The monoisotopic (exact) mass is 247 g/mol. The standard InChI is InChI=1S/C14H18FN3/c1-2-18-7-3-4-13(10-18)17-12-6-5-11(9-16)14(15)8-12/h5-6,8,13,17H,2-4,7,10H2,1H3. The van der Waals surface area contributed by atoms with Gasteiger partial charge in [-0.15, -0.1) is 0 Å². The third-order valence-electron chi connectivity index (χ3n) is 3.41. The number of piperidine rings is 1. The Balaban J connectivity index is 2.01. The van der Waals surface area contributed by atoms with Crippen molar-refractivity contribution in [3.8, 4) is 6.07 Å². The molecule has 1 aliphatic rings. The number of halogens is 1. The topological polar surface area (TPSA) is 39.1 Å². The molecule has 0 saturated carbocycles. The van der Waals surface area contributed by atoms with Crippen LogP contribution in [0.4, 0.5) is 10.1 Å². The van der Waals surface area contributed by atoms with Gasteiger partial charge < -0.3 is 10.2 Å². The van der Waals surface area contributed by atoms with E-state index in [4.69, 9.17) is 5.26 Å². The SMILES string of the molecule is CCN1CCCC(Nc2ccc(C#N)c(F)c2)C1. The molecular formula is C14H18FN3. The molecular weight excluding hydrogens is 229 g/mol. The number of nitrogens with one attached hydrogen (secondary N) is 1. The molecule has 0 radical (unpaired) electrons. The Kier molecular flexibility index (Phi) is 4.16. The summed E-state index contributed by atoms with van der Waals surface area (Å²) in [6.07, 6.45) is 2.28. The summed E-state index contributed by atoms with van der Waals surface area (Å²) in [6, 6.07) is 6.90. The second-order valence-electron chi connectivity index (χ2n) is 4.68. The fourth-order valence-corrected chi connectivity index (χ4v) is 2.39. The quantitative estimate of drug-likeness (QED) is 0.892. The maximum absolute atomic E-state index is 13.5. The van der Waals surface area contributed by atoms with Gasteiger partial charge in [0.1, 0.15) is 11.9 Å². The molecule has 0 bridgehead atoms. The molecule has 4 heteroatoms. The zero-order valence-electron chi connectivity index (χ0n) is 10.6. The van der Waals surface area contributed by atoms with Gasteiger partial charge in [0.05, 0.1) is 5.56 Å². The Morgan fingerprint density at radius 1 is 1.56 bits per heavy atom. The van der Waals surface area contributed by atoms with Crippen molar-refractivity contribution >= 4 is 5.69 Å². The Morgan fingerprint density at radius 2 is 2.39 bits per heavy atom. The van der Waals surface area contributed by atoms with Crippen LogP contribution in [0.5, 0.6) is 0 Å². The van der Waals surface area contributed by atoms with E-state index in [1.165, 1.54) is 18.6 Å². The van der Waals surface area contributed by atoms with Crippen molar-refractivity contribution in [1.29, 1.82) is 5.26 Å². The second kappa shape index (κ2) is 5.83. The van der Waals surface area contributed by atoms with E-state index >= 15 is 0 Å². The minimum Gasteiger partial charge on any atom is -0.381 e. The number of rotatable bonds is 3. The van der Waals surface area contributed by atoms with Crippen LogP contribution in [0.1, 0.15) is 25.3 Å². The van der Waals surface area contributed by atoms with Crippen molar-refractivity contribution < 1.29 is 4.39 Å². The van der Waals surface area contributed by atoms with Gasteiger partial charge in [-0.1, -0.05) is 6.92 Å². The van der Waals surface area contributed by atoms with Gasteiger partial charge >= 0.3 is 0 Å². The minimum absolute atomic E-state index is 0.0966. The van der Waals surface area contributed by atoms with Crippen LogP contribution >= 0.6 is 0 Å². The molecule has 18 heavy (non-hydrogen) atoms. The van der Waals surface area contributed by atoms with Crippen LogP contribution in [0.25, 0.3) is 0 Å². The lowest BCUT2D eigenvalue weighted by Gasteiger charge is -2.32. The Bertz CT molecular complexity index is 453. The molecule has 0 spiro atoms. The molecule has 1 aromatic carbocycles. The number of hydrogen-bond acceptors (Lipinski definition) is 3. The van der Waals surface area contributed by atoms with E-state index < -0.39 is 5.82 Å². The van der Waals surface area contributed by atoms with E-state index in [1.54, 1.807) is 6.07 Å². The van der Waals surface area contributed by atoms with Crippen LogP contribution in [0.15, 0.2) is 18.2 Å². The molecule has 1 aromatic rings. The lowest BCUT2D eigenvalue weighted by Crippen LogP contribution is -2.41. The molecule has 1 saturated heterocycles. The molecule has 2 rings (SSSR count). The average Bonchev–Trinajstić information content (AvgIpc) is 2.39. The highest BCUT2D eigenvalue weighted by Gasteiger charge is 2.18. The third kappa shape index (κ3) is 2.99. The second-order valence-corrected chi connectivity index (χ2v) is 4.68. The number of likely N-dealkylation sites (tertiary alicyclic amines) is 1. The molecule has 0 aliphatic carbocycles. The molecule has 3 nitrogen and oxygen atoms in total. The summed E-state index contributed by atoms with van der Waals surface area (Å²) in [5.74, 6) is -0.453. The highest BCUT2D eigenvalue weighted by molar-refractivity contribution is 5.48. The highest BCUT2D eigenvalue weighted by atomic mass is 19.1. The molecule has 1 atom stereocenters. The van der Waals surface area contributed by atoms with Crippen molar-refractivity contribution in [3.05, 3.63) is 29.6 Å². The molecule has 1 heterocycles. The van der Waals surface area contributed by atoms with Crippen molar-refractivity contribution in [3.63, 3.8) is 0 Å². The lowest BCUT2D eigenvalue weighted by molar-refractivity contribution is 0.227. The van der Waals surface area contributed by atoms with Crippen molar-refractivity contribution in [2.45, 2.75) is 25.8 Å². The summed E-state index contributed by atoms with van der Waals surface area (Å²) in [5.41, 5.74) is 0.855. The van der Waals surface area contributed by atoms with E-state index in [2.05, 4.69) is 17.1 Å². The van der Waals surface area contributed by atoms with Crippen molar-refractivity contribution in [2.24, 2.45) is 0 Å². The molecule has 0 aromatic heterocycles. The number of hydrogen-bond donors (Lipinski definition) is 1. The van der Waals surface area contributed by atoms with Crippen LogP contribution in [-0.4, -0.2) is 30.6 Å². The predicted molar refractivity (Wildman–Crippen MR) is 69.9 cm³/mol. The first kappa shape index (κ1) is 12.8. The summed E-state index contributed by atoms with van der Waals surface area (Å²) >= 11 is 0. The molecule has 1 unspecified atom stereocenters. The minimum atomic E-state index is -0.453. The van der Waals surface area contributed by atoms with E-state index in [0.29, 0.717) is 6.04 Å². The summed E-state index contributed by atoms with van der Waals surface area (Å²) in [7, 11) is 0. The zero-order valence-corrected chi connectivity index (χ0v) is 10.6. The molecule has 0 amide bonds. The van der Waals surface area contributed by atoms with Crippen LogP contribution in [-0.2, 0) is 0 Å². The van der Waals surface area contributed by atoms with Crippen molar-refractivity contribution in [1.82, 2.24) is 4.90 Å². The van der Waals surface area contributed by atoms with Crippen molar-refractivity contribution in [2.75, 3.05) is 25.0 Å². The maximum Gasteiger partial charge on any atom is 0.143 e. The third-order valence-corrected chi connectivity index (χ3v) is 3.41. The van der Waals surface area contributed by atoms with Gasteiger partial charge in [-0.05, 0) is 44.1 Å². The molecule has 1 fully saturated rings. The lowest BCUT2D eigenvalue weighted by atomic mass is 10.1. The number of anilines is 1. The zero-order chi connectivity index (χ0) is 13.0. The van der Waals surface area contributed by atoms with Gasteiger partial charge in [0, 0.05) is 18.3 Å². The van der Waals surface area contributed by atoms with Gasteiger partial charge in [-0.3, -0.25) is 0 Å². The van der Waals surface area contributed by atoms with Crippen LogP contribution in [0, 0.1) is 17.1 Å². The van der Waals surface area contributed by atoms with E-state index in [-0.39, 0.29) is 5.56 Å². The maximum atomic E-state index is 13.5. The first-order chi connectivity index (χ1) is 8.72. The molecule has 1 aliphatic heterocycles. The Hall–Kier alpha value is -1.60. The van der Waals surface area contributed by atoms with Gasteiger partial charge in [-0.2, -0.15) is 5.26 Å². The number of nitriles is 1. The highest BCUT2D eigenvalue weighted by Crippen LogP contribution is 2.18. The van der Waals surface area contributed by atoms with Gasteiger partial charge in [-0.25, -0.2) is 4.39 Å². The number of nitrogens with zero attached hydrogens (tertiary/aromatic N) is 2. The summed E-state index contributed by atoms with van der Waals surface area (Å²) in [5, 5.41) is 12.0. The van der Waals surface area contributed by atoms with Crippen LogP contribution in [0.3, 0.4) is 0 Å². The first-order valence-corrected chi connectivity index (χ1v) is 6.41. The fraction of sp³-hybridized carbons (Fsp3) is 0.500. The summed E-state index contributed by atoms with van der Waals surface area (Å²) < 4.78 is 13.5. The van der Waals surface area contributed by atoms with E-state index in [9.17, 15) is 4.39 Å². The molecule has 96 valence electrons. The predicted octanol–water partition coefficient (Wildman–Crippen LogP) is 2.59. The van der Waals surface area contributed by atoms with Crippen LogP contribution < -0.4 is 5.32 Å². The van der Waals surface area contributed by atoms with Crippen LogP contribution in [0.2, 0.25) is 0 Å². The van der Waals surface area contributed by atoms with E-state index in [0.717, 1.165) is 31.7 Å². The summed E-state index contributed by atoms with van der Waals surface area (Å²) in [4.78, 5) is 2.39. The smallest absolute Gasteiger partial charge is 0.143 e. The molecule has 1 N–H and O–H groups in total.